The smallest absolute Gasteiger partial charge is 0.407 e. The lowest BCUT2D eigenvalue weighted by Crippen LogP contribution is -2.60. The molecule has 0 bridgehead atoms. The molecular weight excluding hydrogens is 1270 g/mol. The fraction of sp³-hybridized carbons (Fsp3) is 0.625. The van der Waals surface area contributed by atoms with Crippen molar-refractivity contribution >= 4 is 94.9 Å². The number of hydrogen-bond donors (Lipinski definition) is 16. The van der Waals surface area contributed by atoms with Gasteiger partial charge in [0.2, 0.25) is 65.0 Å². The van der Waals surface area contributed by atoms with Crippen LogP contribution in [0.15, 0.2) is 43.0 Å². The monoisotopic (exact) mass is 1370 g/mol. The fourth-order valence-corrected chi connectivity index (χ4v) is 9.18. The number of amides is 12. The molecule has 33 nitrogen and oxygen atoms in total. The summed E-state index contributed by atoms with van der Waals surface area (Å²) in [6.07, 6.45) is -4.89. The van der Waals surface area contributed by atoms with Crippen molar-refractivity contribution in [2.45, 2.75) is 231 Å². The van der Waals surface area contributed by atoms with Gasteiger partial charge in [-0.1, -0.05) is 90.4 Å². The Kier molecular flexibility index (Phi) is 40.8. The Balaban J connectivity index is 3.81. The summed E-state index contributed by atoms with van der Waals surface area (Å²) in [6.45, 7) is 15.4. The number of primary amides is 1. The number of benzene rings is 1. The summed E-state index contributed by atoms with van der Waals surface area (Å²) in [4.78, 5) is 211. The summed E-state index contributed by atoms with van der Waals surface area (Å²) >= 11 is 0. The Bertz CT molecular complexity index is 2840. The van der Waals surface area contributed by atoms with Crippen molar-refractivity contribution in [3.63, 3.8) is 0 Å². The number of aryl methyl sites for hydroxylation is 1. The van der Waals surface area contributed by atoms with Gasteiger partial charge >= 0.3 is 30.0 Å². The highest BCUT2D eigenvalue weighted by molar-refractivity contribution is 5.99. The summed E-state index contributed by atoms with van der Waals surface area (Å²) in [5.74, 6) is -16.5. The van der Waals surface area contributed by atoms with Gasteiger partial charge in [-0.05, 0) is 102 Å². The van der Waals surface area contributed by atoms with Crippen molar-refractivity contribution in [1.29, 1.82) is 0 Å². The third-order valence-electron chi connectivity index (χ3n) is 15.0. The first-order valence-electron chi connectivity index (χ1n) is 32.4. The van der Waals surface area contributed by atoms with E-state index < -0.39 is 214 Å². The fourth-order valence-electron chi connectivity index (χ4n) is 9.18. The Morgan fingerprint density at radius 1 is 0.454 bits per heavy atom. The predicted molar refractivity (Wildman–Crippen MR) is 349 cm³/mol. The maximum atomic E-state index is 14.7. The highest BCUT2D eigenvalue weighted by atomic mass is 16.5. The number of carboxylic acid groups (broad SMARTS) is 4. The zero-order chi connectivity index (χ0) is 73.3. The molecule has 10 atom stereocenters. The van der Waals surface area contributed by atoms with E-state index in [0.29, 0.717) is 6.42 Å². The number of nitrogens with two attached hydrogens (primary N) is 1. The maximum Gasteiger partial charge on any atom is 0.407 e. The highest BCUT2D eigenvalue weighted by Crippen LogP contribution is 2.14. The highest BCUT2D eigenvalue weighted by Gasteiger charge is 2.36. The summed E-state index contributed by atoms with van der Waals surface area (Å²) in [7, 11) is 0. The van der Waals surface area contributed by atoms with Gasteiger partial charge in [-0.25, -0.2) is 4.79 Å². The van der Waals surface area contributed by atoms with Gasteiger partial charge in [0.1, 0.15) is 61.0 Å². The topological polar surface area (TPSA) is 522 Å². The molecule has 1 rings (SSSR count). The Labute approximate surface area is 563 Å². The second-order valence-electron chi connectivity index (χ2n) is 24.1. The first kappa shape index (κ1) is 85.3. The molecule has 17 N–H and O–H groups in total. The van der Waals surface area contributed by atoms with Crippen LogP contribution >= 0.6 is 0 Å². The number of aliphatic carboxylic acids is 4. The van der Waals surface area contributed by atoms with E-state index in [1.54, 1.807) is 58.0 Å². The van der Waals surface area contributed by atoms with E-state index in [9.17, 15) is 92.0 Å². The largest absolute Gasteiger partial charge is 0.481 e. The Hall–Kier alpha value is -9.72. The van der Waals surface area contributed by atoms with Gasteiger partial charge in [-0.15, -0.1) is 0 Å². The van der Waals surface area contributed by atoms with Crippen molar-refractivity contribution in [1.82, 2.24) is 58.5 Å². The summed E-state index contributed by atoms with van der Waals surface area (Å²) in [5, 5.41) is 65.4. The van der Waals surface area contributed by atoms with Crippen LogP contribution in [0.4, 0.5) is 4.79 Å². The molecule has 97 heavy (non-hydrogen) atoms. The molecule has 0 radical (unpaired) electrons. The quantitative estimate of drug-likeness (QED) is 0.0306. The Morgan fingerprint density at radius 3 is 1.24 bits per heavy atom. The molecule has 1 aromatic carbocycles. The molecule has 0 saturated carbocycles. The van der Waals surface area contributed by atoms with Crippen molar-refractivity contribution in [2.24, 2.45) is 17.6 Å². The lowest BCUT2D eigenvalue weighted by atomic mass is 10.00. The molecule has 33 heteroatoms. The maximum absolute atomic E-state index is 14.7. The molecule has 0 aliphatic rings. The minimum atomic E-state index is -1.85. The van der Waals surface area contributed by atoms with E-state index in [4.69, 9.17) is 15.6 Å². The van der Waals surface area contributed by atoms with Gasteiger partial charge in [0.15, 0.2) is 0 Å². The second kappa shape index (κ2) is 46.4. The number of ether oxygens (including phenoxy) is 1. The van der Waals surface area contributed by atoms with E-state index in [0.717, 1.165) is 5.56 Å². The standard InChI is InChI=1S/C64H100N12O21/c1-9-11-19-41(57(89)74-46(25-30-52(81)82)62(94)75-47(26-31-53(83)84)61(93)73-45(24-29-51(79)80)56(88)68-39(8)55(87)67-38(7)37(5)6)70-60(92)44(23-27-49(65)77)72-58(90)42(20-15-16-33-66-64(96)97-34-10-2)71-59(91)43(22-21-40-17-13-12-14-18-40)76-63(95)48(35-36(3)4)69-50(78)28-32-54(85)86/h10,12-14,17-18,36-39,41-48H,2,9,11,15-16,19-35H2,1,3-8H3,(H2,65,77)(H,66,96)(H,67,87)(H,68,88)(H,69,78)(H,70,92)(H,71,91)(H,72,90)(H,73,93)(H,74,89)(H,75,94)(H,76,95)(H,79,80)(H,81,82)(H,83,84)(H,85,86)/t38-,39+,41+,42+,43-,44+,45+,46+,47+,48+/m1/s1. The molecule has 0 aliphatic heterocycles. The molecule has 1 aromatic rings. The first-order valence-corrected chi connectivity index (χ1v) is 32.4. The number of nitrogens with one attached hydrogen (secondary N) is 11. The predicted octanol–water partition coefficient (Wildman–Crippen LogP) is 0.206. The van der Waals surface area contributed by atoms with Crippen LogP contribution in [0.3, 0.4) is 0 Å². The van der Waals surface area contributed by atoms with Crippen LogP contribution < -0.4 is 64.2 Å². The third kappa shape index (κ3) is 37.2. The molecular formula is C64H100N12O21. The lowest BCUT2D eigenvalue weighted by Gasteiger charge is -2.28. The van der Waals surface area contributed by atoms with Crippen LogP contribution in [0.5, 0.6) is 0 Å². The van der Waals surface area contributed by atoms with E-state index in [1.165, 1.54) is 13.0 Å². The summed E-state index contributed by atoms with van der Waals surface area (Å²) in [6, 6.07) is -5.63. The minimum Gasteiger partial charge on any atom is -0.481 e. The molecule has 0 spiro atoms. The average molecular weight is 1370 g/mol. The van der Waals surface area contributed by atoms with Crippen LogP contribution in [0.25, 0.3) is 0 Å². The second-order valence-corrected chi connectivity index (χ2v) is 24.1. The number of rotatable bonds is 50. The molecule has 0 saturated heterocycles. The van der Waals surface area contributed by atoms with Crippen LogP contribution in [0.1, 0.15) is 170 Å². The van der Waals surface area contributed by atoms with Gasteiger partial charge in [0.05, 0.1) is 6.42 Å². The lowest BCUT2D eigenvalue weighted by molar-refractivity contribution is -0.140. The molecule has 12 amide bonds. The van der Waals surface area contributed by atoms with Crippen molar-refractivity contribution in [3.05, 3.63) is 48.6 Å². The molecule has 0 heterocycles. The summed E-state index contributed by atoms with van der Waals surface area (Å²) in [5.41, 5.74) is 6.26. The number of carbonyl (C=O) groups excluding carboxylic acids is 12. The van der Waals surface area contributed by atoms with Gasteiger partial charge in [-0.3, -0.25) is 71.9 Å². The van der Waals surface area contributed by atoms with Gasteiger partial charge < -0.3 is 89.4 Å². The van der Waals surface area contributed by atoms with Crippen LogP contribution in [0.2, 0.25) is 0 Å². The number of carbonyl (C=O) groups is 16. The van der Waals surface area contributed by atoms with Crippen LogP contribution in [-0.4, -0.2) is 189 Å². The molecule has 0 unspecified atom stereocenters. The SMILES string of the molecule is C=CCOC(=O)NCCCC[C@H](NC(=O)[C@@H](CCc1ccccc1)NC(=O)[C@H](CC(C)C)NC(=O)CCC(=O)O)C(=O)N[C@@H](CCC(N)=O)C(=O)N[C@@H](CCCC)C(=O)N[C@@H](CCC(=O)O)C(=O)N[C@@H](CCC(=O)O)C(=O)N[C@@H](CCC(=O)O)C(=O)N[C@@H](C)C(=O)N[C@H](C)C(C)C. The molecule has 542 valence electrons. The van der Waals surface area contributed by atoms with Crippen LogP contribution in [-0.2, 0) is 83.1 Å². The number of hydrogen-bond acceptors (Lipinski definition) is 17. The number of alkyl carbamates (subject to hydrolysis) is 1. The zero-order valence-electron chi connectivity index (χ0n) is 56.3. The summed E-state index contributed by atoms with van der Waals surface area (Å²) < 4.78 is 4.94. The van der Waals surface area contributed by atoms with Crippen molar-refractivity contribution < 1.29 is 102 Å². The molecule has 0 fully saturated rings. The third-order valence-corrected chi connectivity index (χ3v) is 15.0. The molecule has 0 aliphatic carbocycles. The minimum absolute atomic E-state index is 0.00323. The number of unbranched alkanes of at least 4 members (excludes halogenated alkanes) is 2. The van der Waals surface area contributed by atoms with Gasteiger partial charge in [0.25, 0.3) is 0 Å². The van der Waals surface area contributed by atoms with E-state index in [1.807, 2.05) is 13.8 Å². The van der Waals surface area contributed by atoms with Gasteiger partial charge in [-0.2, -0.15) is 0 Å². The van der Waals surface area contributed by atoms with E-state index >= 15 is 0 Å². The number of carboxylic acids is 4. The van der Waals surface area contributed by atoms with E-state index in [2.05, 4.69) is 65.1 Å². The van der Waals surface area contributed by atoms with Gasteiger partial charge in [0, 0.05) is 44.7 Å². The molecule has 0 aromatic heterocycles. The van der Waals surface area contributed by atoms with E-state index in [-0.39, 0.29) is 82.4 Å². The van der Waals surface area contributed by atoms with Crippen molar-refractivity contribution in [3.8, 4) is 0 Å². The normalized spacial score (nSPS) is 14.0. The van der Waals surface area contributed by atoms with Crippen molar-refractivity contribution in [2.75, 3.05) is 13.2 Å². The average Bonchev–Trinajstić information content (AvgIpc) is 0.930. The Morgan fingerprint density at radius 2 is 0.845 bits per heavy atom. The zero-order valence-corrected chi connectivity index (χ0v) is 56.3. The first-order chi connectivity index (χ1) is 45.7. The van der Waals surface area contributed by atoms with Crippen LogP contribution in [0, 0.1) is 11.8 Å².